The standard InChI is InChI=1S/C23H22FN7/c24-18-8-6-17(7-9-18)16-27-23-28-21-20(25-10-11-26-21)22(29-23)31-14-12-30(13-15-31)19-4-2-1-3-5-19/h1-11H,12-16H2,(H,26,27,28,29). The number of halogens is 1. The summed E-state index contributed by atoms with van der Waals surface area (Å²) < 4.78 is 13.1. The van der Waals surface area contributed by atoms with E-state index in [-0.39, 0.29) is 5.82 Å². The van der Waals surface area contributed by atoms with Gasteiger partial charge < -0.3 is 15.1 Å². The molecule has 1 fully saturated rings. The van der Waals surface area contributed by atoms with Crippen LogP contribution in [-0.2, 0) is 6.54 Å². The second-order valence-corrected chi connectivity index (χ2v) is 7.39. The summed E-state index contributed by atoms with van der Waals surface area (Å²) in [4.78, 5) is 22.8. The van der Waals surface area contributed by atoms with E-state index >= 15 is 0 Å². The van der Waals surface area contributed by atoms with Gasteiger partial charge in [-0.3, -0.25) is 0 Å². The summed E-state index contributed by atoms with van der Waals surface area (Å²) in [5.41, 5.74) is 3.43. The molecule has 0 radical (unpaired) electrons. The maximum absolute atomic E-state index is 13.1. The van der Waals surface area contributed by atoms with E-state index in [1.807, 2.05) is 6.07 Å². The van der Waals surface area contributed by atoms with Crippen molar-refractivity contribution in [2.75, 3.05) is 41.3 Å². The molecule has 2 aromatic heterocycles. The number of hydrogen-bond donors (Lipinski definition) is 1. The minimum Gasteiger partial charge on any atom is -0.368 e. The quantitative estimate of drug-likeness (QED) is 0.535. The van der Waals surface area contributed by atoms with Crippen LogP contribution in [0.1, 0.15) is 5.56 Å². The Bertz CT molecular complexity index is 1160. The Morgan fingerprint density at radius 3 is 2.29 bits per heavy atom. The topological polar surface area (TPSA) is 70.1 Å². The van der Waals surface area contributed by atoms with Crippen LogP contribution in [-0.4, -0.2) is 46.1 Å². The molecule has 156 valence electrons. The first-order chi connectivity index (χ1) is 15.3. The molecule has 0 unspecified atom stereocenters. The molecule has 5 rings (SSSR count). The van der Waals surface area contributed by atoms with Gasteiger partial charge in [0.15, 0.2) is 17.0 Å². The third-order valence-electron chi connectivity index (χ3n) is 5.38. The predicted octanol–water partition coefficient (Wildman–Crippen LogP) is 3.50. The fourth-order valence-electron chi connectivity index (χ4n) is 3.75. The van der Waals surface area contributed by atoms with Crippen LogP contribution in [0.4, 0.5) is 21.8 Å². The highest BCUT2D eigenvalue weighted by Crippen LogP contribution is 2.25. The predicted molar refractivity (Wildman–Crippen MR) is 120 cm³/mol. The molecule has 2 aromatic carbocycles. The summed E-state index contributed by atoms with van der Waals surface area (Å²) in [6.45, 7) is 3.94. The second-order valence-electron chi connectivity index (χ2n) is 7.39. The Morgan fingerprint density at radius 2 is 1.52 bits per heavy atom. The van der Waals surface area contributed by atoms with E-state index in [2.05, 4.69) is 54.3 Å². The zero-order chi connectivity index (χ0) is 21.0. The van der Waals surface area contributed by atoms with Crippen molar-refractivity contribution in [2.45, 2.75) is 6.54 Å². The minimum atomic E-state index is -0.252. The van der Waals surface area contributed by atoms with E-state index in [0.29, 0.717) is 23.7 Å². The zero-order valence-corrected chi connectivity index (χ0v) is 16.9. The molecule has 1 aliphatic rings. The van der Waals surface area contributed by atoms with Gasteiger partial charge in [-0.25, -0.2) is 14.4 Å². The molecule has 1 saturated heterocycles. The summed E-state index contributed by atoms with van der Waals surface area (Å²) >= 11 is 0. The van der Waals surface area contributed by atoms with Gasteiger partial charge in [0.1, 0.15) is 5.82 Å². The van der Waals surface area contributed by atoms with Crippen molar-refractivity contribution in [3.8, 4) is 0 Å². The van der Waals surface area contributed by atoms with Crippen LogP contribution in [0.5, 0.6) is 0 Å². The van der Waals surface area contributed by atoms with Crippen LogP contribution in [0.3, 0.4) is 0 Å². The number of hydrogen-bond acceptors (Lipinski definition) is 7. The summed E-state index contributed by atoms with van der Waals surface area (Å²) in [5.74, 6) is 1.02. The minimum absolute atomic E-state index is 0.252. The van der Waals surface area contributed by atoms with Gasteiger partial charge in [0, 0.05) is 50.8 Å². The molecular weight excluding hydrogens is 393 g/mol. The highest BCUT2D eigenvalue weighted by atomic mass is 19.1. The average molecular weight is 415 g/mol. The van der Waals surface area contributed by atoms with Gasteiger partial charge in [-0.15, -0.1) is 0 Å². The molecule has 7 nitrogen and oxygen atoms in total. The van der Waals surface area contributed by atoms with Gasteiger partial charge in [-0.1, -0.05) is 30.3 Å². The third-order valence-corrected chi connectivity index (χ3v) is 5.38. The number of fused-ring (bicyclic) bond motifs is 1. The largest absolute Gasteiger partial charge is 0.368 e. The van der Waals surface area contributed by atoms with Crippen LogP contribution in [0.25, 0.3) is 11.2 Å². The van der Waals surface area contributed by atoms with E-state index in [4.69, 9.17) is 4.98 Å². The first-order valence-corrected chi connectivity index (χ1v) is 10.3. The molecule has 0 spiro atoms. The van der Waals surface area contributed by atoms with Crippen molar-refractivity contribution in [3.05, 3.63) is 78.4 Å². The molecule has 0 amide bonds. The number of piperazine rings is 1. The van der Waals surface area contributed by atoms with E-state index in [1.165, 1.54) is 17.8 Å². The molecule has 1 aliphatic heterocycles. The van der Waals surface area contributed by atoms with Crippen molar-refractivity contribution in [2.24, 2.45) is 0 Å². The van der Waals surface area contributed by atoms with Crippen LogP contribution < -0.4 is 15.1 Å². The second kappa shape index (κ2) is 8.51. The Balaban J connectivity index is 1.37. The van der Waals surface area contributed by atoms with Gasteiger partial charge in [0.2, 0.25) is 5.95 Å². The SMILES string of the molecule is Fc1ccc(CNc2nc(N3CCN(c4ccccc4)CC3)c3nccnc3n2)cc1. The number of para-hydroxylation sites is 1. The lowest BCUT2D eigenvalue weighted by Gasteiger charge is -2.36. The monoisotopic (exact) mass is 415 g/mol. The van der Waals surface area contributed by atoms with Crippen LogP contribution >= 0.6 is 0 Å². The number of rotatable bonds is 5. The summed E-state index contributed by atoms with van der Waals surface area (Å²) in [6, 6.07) is 16.8. The van der Waals surface area contributed by atoms with E-state index < -0.39 is 0 Å². The summed E-state index contributed by atoms with van der Waals surface area (Å²) in [6.07, 6.45) is 3.30. The molecule has 0 aliphatic carbocycles. The first-order valence-electron chi connectivity index (χ1n) is 10.3. The maximum atomic E-state index is 13.1. The number of benzene rings is 2. The lowest BCUT2D eigenvalue weighted by atomic mass is 10.2. The van der Waals surface area contributed by atoms with Crippen molar-refractivity contribution < 1.29 is 4.39 Å². The lowest BCUT2D eigenvalue weighted by Crippen LogP contribution is -2.47. The van der Waals surface area contributed by atoms with E-state index in [9.17, 15) is 4.39 Å². The summed E-state index contributed by atoms with van der Waals surface area (Å²) in [7, 11) is 0. The average Bonchev–Trinajstić information content (AvgIpc) is 2.84. The van der Waals surface area contributed by atoms with E-state index in [0.717, 1.165) is 37.6 Å². The zero-order valence-electron chi connectivity index (χ0n) is 16.9. The normalized spacial score (nSPS) is 14.1. The molecule has 0 atom stereocenters. The Labute approximate surface area is 179 Å². The third kappa shape index (κ3) is 4.23. The van der Waals surface area contributed by atoms with Gasteiger partial charge in [0.05, 0.1) is 0 Å². The Hall–Kier alpha value is -3.81. The fourth-order valence-corrected chi connectivity index (χ4v) is 3.75. The van der Waals surface area contributed by atoms with E-state index in [1.54, 1.807) is 24.5 Å². The van der Waals surface area contributed by atoms with Gasteiger partial charge in [0.25, 0.3) is 0 Å². The van der Waals surface area contributed by atoms with Crippen molar-refractivity contribution in [1.82, 2.24) is 19.9 Å². The van der Waals surface area contributed by atoms with Gasteiger partial charge in [-0.2, -0.15) is 9.97 Å². The van der Waals surface area contributed by atoms with Crippen LogP contribution in [0.15, 0.2) is 67.0 Å². The molecule has 4 aromatic rings. The highest BCUT2D eigenvalue weighted by Gasteiger charge is 2.22. The van der Waals surface area contributed by atoms with Crippen molar-refractivity contribution in [1.29, 1.82) is 0 Å². The summed E-state index contributed by atoms with van der Waals surface area (Å²) in [5, 5.41) is 3.24. The molecular formula is C23H22FN7. The number of anilines is 3. The number of nitrogens with zero attached hydrogens (tertiary/aromatic N) is 6. The Morgan fingerprint density at radius 1 is 0.806 bits per heavy atom. The van der Waals surface area contributed by atoms with Crippen LogP contribution in [0.2, 0.25) is 0 Å². The van der Waals surface area contributed by atoms with Gasteiger partial charge in [-0.05, 0) is 29.8 Å². The number of nitrogens with one attached hydrogen (secondary N) is 1. The smallest absolute Gasteiger partial charge is 0.227 e. The maximum Gasteiger partial charge on any atom is 0.227 e. The van der Waals surface area contributed by atoms with Crippen molar-refractivity contribution >= 4 is 28.6 Å². The van der Waals surface area contributed by atoms with Crippen LogP contribution in [0, 0.1) is 5.82 Å². The molecule has 0 bridgehead atoms. The Kier molecular flexibility index (Phi) is 5.26. The molecule has 1 N–H and O–H groups in total. The number of aromatic nitrogens is 4. The lowest BCUT2D eigenvalue weighted by molar-refractivity contribution is 0.627. The fraction of sp³-hybridized carbons (Fsp3) is 0.217. The molecule has 8 heteroatoms. The van der Waals surface area contributed by atoms with Crippen molar-refractivity contribution in [3.63, 3.8) is 0 Å². The molecule has 0 saturated carbocycles. The molecule has 31 heavy (non-hydrogen) atoms. The highest BCUT2D eigenvalue weighted by molar-refractivity contribution is 5.84. The first kappa shape index (κ1) is 19.2. The molecule has 3 heterocycles. The van der Waals surface area contributed by atoms with Gasteiger partial charge >= 0.3 is 0 Å².